The van der Waals surface area contributed by atoms with Gasteiger partial charge in [0.1, 0.15) is 22.8 Å². The van der Waals surface area contributed by atoms with Gasteiger partial charge in [-0.25, -0.2) is 4.79 Å². The molecule has 0 bridgehead atoms. The number of furan rings is 1. The van der Waals surface area contributed by atoms with Gasteiger partial charge in [-0.2, -0.15) is 0 Å². The number of aromatic carboxylic acids is 1. The van der Waals surface area contributed by atoms with Crippen molar-refractivity contribution in [1.29, 1.82) is 0 Å². The summed E-state index contributed by atoms with van der Waals surface area (Å²) in [5.74, 6) is -0.391. The van der Waals surface area contributed by atoms with Crippen LogP contribution in [0.4, 0.5) is 11.4 Å². The topological polar surface area (TPSA) is 106 Å². The van der Waals surface area contributed by atoms with Gasteiger partial charge in [0.25, 0.3) is 5.69 Å². The zero-order valence-electron chi connectivity index (χ0n) is 10.9. The fourth-order valence-corrected chi connectivity index (χ4v) is 2.20. The molecule has 2 rings (SSSR count). The second kappa shape index (κ2) is 5.96. The molecular weight excluding hydrogens is 344 g/mol. The quantitative estimate of drug-likeness (QED) is 0.627. The summed E-state index contributed by atoms with van der Waals surface area (Å²) >= 11 is 3.24. The van der Waals surface area contributed by atoms with Crippen LogP contribution in [0.5, 0.6) is 0 Å². The van der Waals surface area contributed by atoms with Crippen molar-refractivity contribution in [2.75, 3.05) is 5.32 Å². The van der Waals surface area contributed by atoms with Crippen LogP contribution in [0.3, 0.4) is 0 Å². The lowest BCUT2D eigenvalue weighted by molar-refractivity contribution is -0.384. The first-order valence-corrected chi connectivity index (χ1v) is 6.68. The number of nitro benzene ring substituents is 1. The maximum absolute atomic E-state index is 10.9. The summed E-state index contributed by atoms with van der Waals surface area (Å²) < 4.78 is 6.00. The first-order valence-electron chi connectivity index (χ1n) is 5.89. The molecule has 0 aliphatic carbocycles. The molecule has 110 valence electrons. The van der Waals surface area contributed by atoms with E-state index in [1.807, 2.05) is 0 Å². The van der Waals surface area contributed by atoms with Gasteiger partial charge in [-0.05, 0) is 25.1 Å². The predicted molar refractivity (Wildman–Crippen MR) is 78.5 cm³/mol. The number of carbonyl (C=O) groups is 1. The van der Waals surface area contributed by atoms with Gasteiger partial charge >= 0.3 is 5.97 Å². The van der Waals surface area contributed by atoms with Crippen molar-refractivity contribution >= 4 is 33.3 Å². The lowest BCUT2D eigenvalue weighted by atomic mass is 10.2. The number of nitrogens with one attached hydrogen (secondary N) is 1. The van der Waals surface area contributed by atoms with E-state index in [9.17, 15) is 14.9 Å². The van der Waals surface area contributed by atoms with Crippen molar-refractivity contribution in [3.63, 3.8) is 0 Å². The molecule has 0 amide bonds. The summed E-state index contributed by atoms with van der Waals surface area (Å²) in [7, 11) is 0. The average molecular weight is 355 g/mol. The van der Waals surface area contributed by atoms with Crippen LogP contribution in [0.2, 0.25) is 0 Å². The summed E-state index contributed by atoms with van der Waals surface area (Å²) in [6.07, 6.45) is 0. The van der Waals surface area contributed by atoms with Crippen molar-refractivity contribution in [3.8, 4) is 0 Å². The number of nitrogens with zero attached hydrogens (tertiary/aromatic N) is 1. The number of benzene rings is 1. The van der Waals surface area contributed by atoms with Crippen LogP contribution in [0, 0.1) is 17.0 Å². The van der Waals surface area contributed by atoms with Gasteiger partial charge in [0.2, 0.25) is 0 Å². The smallest absolute Gasteiger partial charge is 0.339 e. The summed E-state index contributed by atoms with van der Waals surface area (Å²) in [4.78, 5) is 21.4. The highest BCUT2D eigenvalue weighted by Gasteiger charge is 2.16. The molecule has 1 aromatic carbocycles. The van der Waals surface area contributed by atoms with Crippen LogP contribution in [0.25, 0.3) is 0 Å². The molecular formula is C13H11BrN2O5. The van der Waals surface area contributed by atoms with E-state index >= 15 is 0 Å². The SMILES string of the molecule is Cc1oc(CNc2cc(Br)ccc2[N+](=O)[O-])cc1C(=O)O. The Morgan fingerprint density at radius 2 is 2.19 bits per heavy atom. The molecule has 0 radical (unpaired) electrons. The molecule has 0 aliphatic heterocycles. The van der Waals surface area contributed by atoms with Crippen LogP contribution >= 0.6 is 15.9 Å². The predicted octanol–water partition coefficient (Wildman–Crippen LogP) is 3.57. The Morgan fingerprint density at radius 1 is 1.48 bits per heavy atom. The molecule has 0 aliphatic rings. The number of hydrogen-bond acceptors (Lipinski definition) is 5. The van der Waals surface area contributed by atoms with Crippen LogP contribution in [-0.2, 0) is 6.54 Å². The largest absolute Gasteiger partial charge is 0.478 e. The third-order valence-electron chi connectivity index (χ3n) is 2.81. The molecule has 2 N–H and O–H groups in total. The highest BCUT2D eigenvalue weighted by molar-refractivity contribution is 9.10. The number of carboxylic acid groups (broad SMARTS) is 1. The number of aryl methyl sites for hydroxylation is 1. The Hall–Kier alpha value is -2.35. The Bertz CT molecular complexity index is 711. The Balaban J connectivity index is 2.20. The highest BCUT2D eigenvalue weighted by atomic mass is 79.9. The minimum Gasteiger partial charge on any atom is -0.478 e. The molecule has 2 aromatic rings. The molecule has 0 atom stereocenters. The van der Waals surface area contributed by atoms with Crippen LogP contribution in [-0.4, -0.2) is 16.0 Å². The summed E-state index contributed by atoms with van der Waals surface area (Å²) in [6, 6.07) is 5.92. The number of carboxylic acids is 1. The molecule has 0 saturated carbocycles. The zero-order valence-corrected chi connectivity index (χ0v) is 12.5. The minimum atomic E-state index is -1.07. The standard InChI is InChI=1S/C13H11BrN2O5/c1-7-10(13(17)18)5-9(21-7)6-15-11-4-8(14)2-3-12(11)16(19)20/h2-5,15H,6H2,1H3,(H,17,18). The van der Waals surface area contributed by atoms with Gasteiger partial charge in [-0.1, -0.05) is 15.9 Å². The molecule has 0 fully saturated rings. The average Bonchev–Trinajstić information content (AvgIpc) is 2.77. The van der Waals surface area contributed by atoms with Gasteiger partial charge in [0.15, 0.2) is 0 Å². The number of rotatable bonds is 5. The fourth-order valence-electron chi connectivity index (χ4n) is 1.83. The molecule has 1 aromatic heterocycles. The second-order valence-electron chi connectivity index (χ2n) is 4.26. The monoisotopic (exact) mass is 354 g/mol. The molecule has 0 spiro atoms. The van der Waals surface area contributed by atoms with Gasteiger partial charge in [-0.3, -0.25) is 10.1 Å². The zero-order chi connectivity index (χ0) is 15.6. The second-order valence-corrected chi connectivity index (χ2v) is 5.18. The maximum Gasteiger partial charge on any atom is 0.339 e. The molecule has 1 heterocycles. The van der Waals surface area contributed by atoms with Crippen LogP contribution in [0.15, 0.2) is 33.2 Å². The van der Waals surface area contributed by atoms with E-state index < -0.39 is 10.9 Å². The first-order chi connectivity index (χ1) is 9.88. The number of anilines is 1. The Kier molecular flexibility index (Phi) is 4.27. The molecule has 0 saturated heterocycles. The molecule has 21 heavy (non-hydrogen) atoms. The van der Waals surface area contributed by atoms with Crippen molar-refractivity contribution < 1.29 is 19.2 Å². The van der Waals surface area contributed by atoms with Crippen molar-refractivity contribution in [2.24, 2.45) is 0 Å². The molecule has 0 unspecified atom stereocenters. The molecule has 7 nitrogen and oxygen atoms in total. The lowest BCUT2D eigenvalue weighted by Gasteiger charge is -2.05. The van der Waals surface area contributed by atoms with Gasteiger partial charge in [0, 0.05) is 10.5 Å². The van der Waals surface area contributed by atoms with E-state index in [0.29, 0.717) is 21.7 Å². The van der Waals surface area contributed by atoms with E-state index in [2.05, 4.69) is 21.2 Å². The number of hydrogen-bond donors (Lipinski definition) is 2. The highest BCUT2D eigenvalue weighted by Crippen LogP contribution is 2.28. The van der Waals surface area contributed by atoms with Gasteiger partial charge in [0.05, 0.1) is 11.5 Å². The third-order valence-corrected chi connectivity index (χ3v) is 3.30. The number of halogens is 1. The normalized spacial score (nSPS) is 10.4. The van der Waals surface area contributed by atoms with Crippen LogP contribution < -0.4 is 5.32 Å². The Labute approximate surface area is 127 Å². The van der Waals surface area contributed by atoms with E-state index in [0.717, 1.165) is 0 Å². The van der Waals surface area contributed by atoms with E-state index in [1.165, 1.54) is 12.1 Å². The summed E-state index contributed by atoms with van der Waals surface area (Å²) in [6.45, 7) is 1.69. The first kappa shape index (κ1) is 15.0. The fraction of sp³-hybridized carbons (Fsp3) is 0.154. The molecule has 8 heteroatoms. The third kappa shape index (κ3) is 3.40. The van der Waals surface area contributed by atoms with Gasteiger partial charge < -0.3 is 14.8 Å². The lowest BCUT2D eigenvalue weighted by Crippen LogP contribution is -2.02. The van der Waals surface area contributed by atoms with E-state index in [1.54, 1.807) is 19.1 Å². The van der Waals surface area contributed by atoms with Crippen molar-refractivity contribution in [2.45, 2.75) is 13.5 Å². The summed E-state index contributed by atoms with van der Waals surface area (Å²) in [5.41, 5.74) is 0.329. The minimum absolute atomic E-state index is 0.0695. The van der Waals surface area contributed by atoms with Crippen molar-refractivity contribution in [3.05, 3.63) is 55.9 Å². The van der Waals surface area contributed by atoms with Crippen LogP contribution in [0.1, 0.15) is 21.9 Å². The number of nitro groups is 1. The van der Waals surface area contributed by atoms with E-state index in [-0.39, 0.29) is 17.8 Å². The van der Waals surface area contributed by atoms with Gasteiger partial charge in [-0.15, -0.1) is 0 Å². The van der Waals surface area contributed by atoms with E-state index in [4.69, 9.17) is 9.52 Å². The summed E-state index contributed by atoms with van der Waals surface area (Å²) in [5, 5.41) is 22.8. The van der Waals surface area contributed by atoms with Crippen molar-refractivity contribution in [1.82, 2.24) is 0 Å². The maximum atomic E-state index is 10.9. The Morgan fingerprint density at radius 3 is 2.76 bits per heavy atom.